The van der Waals surface area contributed by atoms with E-state index >= 15 is 0 Å². The fourth-order valence-electron chi connectivity index (χ4n) is 1.63. The van der Waals surface area contributed by atoms with Gasteiger partial charge in [0.05, 0.1) is 22.9 Å². The van der Waals surface area contributed by atoms with Crippen LogP contribution in [0.5, 0.6) is 5.75 Å². The van der Waals surface area contributed by atoms with Crippen LogP contribution in [0, 0.1) is 11.3 Å². The first-order valence-corrected chi connectivity index (χ1v) is 5.85. The molecule has 0 heterocycles. The first-order valence-electron chi connectivity index (χ1n) is 5.85. The predicted octanol–water partition coefficient (Wildman–Crippen LogP) is 2.42. The van der Waals surface area contributed by atoms with Gasteiger partial charge >= 0.3 is 5.97 Å². The van der Waals surface area contributed by atoms with Crippen molar-refractivity contribution >= 4 is 11.7 Å². The fraction of sp³-hybridized carbons (Fsp3) is 0.0667. The molecule has 5 heteroatoms. The van der Waals surface area contributed by atoms with Gasteiger partial charge in [0.25, 0.3) is 0 Å². The highest BCUT2D eigenvalue weighted by atomic mass is 16.5. The molecule has 2 rings (SSSR count). The molecule has 100 valence electrons. The van der Waals surface area contributed by atoms with Crippen molar-refractivity contribution in [1.29, 1.82) is 5.26 Å². The summed E-state index contributed by atoms with van der Waals surface area (Å²) >= 11 is 0. The smallest absolute Gasteiger partial charge is 0.335 e. The number of carboxylic acids is 1. The number of nitrogens with zero attached hydrogens (tertiary/aromatic N) is 1. The highest BCUT2D eigenvalue weighted by molar-refractivity contribution is 5.89. The summed E-state index contributed by atoms with van der Waals surface area (Å²) in [4.78, 5) is 10.9. The summed E-state index contributed by atoms with van der Waals surface area (Å²) in [6, 6.07) is 13.3. The maximum atomic E-state index is 10.9. The van der Waals surface area contributed by atoms with Gasteiger partial charge in [-0.05, 0) is 35.9 Å². The van der Waals surface area contributed by atoms with Gasteiger partial charge in [0.15, 0.2) is 0 Å². The van der Waals surface area contributed by atoms with Gasteiger partial charge in [-0.1, -0.05) is 12.1 Å². The Morgan fingerprint density at radius 2 is 1.95 bits per heavy atom. The number of aromatic carboxylic acids is 1. The molecule has 0 aliphatic rings. The van der Waals surface area contributed by atoms with E-state index in [2.05, 4.69) is 0 Å². The quantitative estimate of drug-likeness (QED) is 0.830. The largest absolute Gasteiger partial charge is 0.487 e. The molecule has 5 nitrogen and oxygen atoms in total. The van der Waals surface area contributed by atoms with Gasteiger partial charge in [-0.3, -0.25) is 0 Å². The molecule has 0 saturated heterocycles. The lowest BCUT2D eigenvalue weighted by Gasteiger charge is -2.09. The highest BCUT2D eigenvalue weighted by Crippen LogP contribution is 2.24. The number of ether oxygens (including phenoxy) is 1. The molecule has 2 aromatic rings. The number of carboxylic acid groups (broad SMARTS) is 1. The number of nitrogens with two attached hydrogens (primary N) is 1. The van der Waals surface area contributed by atoms with E-state index in [1.165, 1.54) is 18.2 Å². The summed E-state index contributed by atoms with van der Waals surface area (Å²) < 4.78 is 5.52. The van der Waals surface area contributed by atoms with Gasteiger partial charge in [-0.2, -0.15) is 5.26 Å². The molecule has 20 heavy (non-hydrogen) atoms. The SMILES string of the molecule is N#Cc1ccc(COc2cc(C(=O)O)ccc2N)cc1. The Bertz CT molecular complexity index is 673. The Labute approximate surface area is 115 Å². The third kappa shape index (κ3) is 3.06. The lowest BCUT2D eigenvalue weighted by molar-refractivity contribution is 0.0696. The van der Waals surface area contributed by atoms with Crippen LogP contribution in [-0.4, -0.2) is 11.1 Å². The van der Waals surface area contributed by atoms with Crippen LogP contribution < -0.4 is 10.5 Å². The van der Waals surface area contributed by atoms with Crippen molar-refractivity contribution in [2.75, 3.05) is 5.73 Å². The second-order valence-corrected chi connectivity index (χ2v) is 4.16. The molecule has 0 radical (unpaired) electrons. The van der Waals surface area contributed by atoms with Gasteiger partial charge in [-0.25, -0.2) is 4.79 Å². The maximum Gasteiger partial charge on any atom is 0.335 e. The van der Waals surface area contributed by atoms with E-state index in [0.29, 0.717) is 17.0 Å². The van der Waals surface area contributed by atoms with Crippen molar-refractivity contribution in [3.63, 3.8) is 0 Å². The average molecular weight is 268 g/mol. The molecule has 0 spiro atoms. The van der Waals surface area contributed by atoms with E-state index in [1.807, 2.05) is 6.07 Å². The molecular weight excluding hydrogens is 256 g/mol. The molecule has 0 aliphatic carbocycles. The van der Waals surface area contributed by atoms with Crippen molar-refractivity contribution in [2.45, 2.75) is 6.61 Å². The number of nitrogen functional groups attached to an aromatic ring is 1. The molecule has 3 N–H and O–H groups in total. The lowest BCUT2D eigenvalue weighted by Crippen LogP contribution is -2.02. The van der Waals surface area contributed by atoms with Crippen LogP contribution in [0.3, 0.4) is 0 Å². The molecule has 0 unspecified atom stereocenters. The fourth-order valence-corrected chi connectivity index (χ4v) is 1.63. The number of carbonyl (C=O) groups is 1. The molecular formula is C15H12N2O3. The van der Waals surface area contributed by atoms with Crippen molar-refractivity contribution in [3.05, 3.63) is 59.2 Å². The van der Waals surface area contributed by atoms with Gasteiger partial charge in [0, 0.05) is 0 Å². The zero-order chi connectivity index (χ0) is 14.5. The summed E-state index contributed by atoms with van der Waals surface area (Å²) in [5.74, 6) is -0.706. The van der Waals surface area contributed by atoms with Crippen molar-refractivity contribution < 1.29 is 14.6 Å². The normalized spacial score (nSPS) is 9.75. The summed E-state index contributed by atoms with van der Waals surface area (Å²) in [6.07, 6.45) is 0. The molecule has 0 bridgehead atoms. The standard InChI is InChI=1S/C15H12N2O3/c16-8-10-1-3-11(4-2-10)9-20-14-7-12(15(18)19)5-6-13(14)17/h1-7H,9,17H2,(H,18,19). The number of hydrogen-bond donors (Lipinski definition) is 2. The van der Waals surface area contributed by atoms with E-state index in [4.69, 9.17) is 20.8 Å². The number of anilines is 1. The molecule has 0 amide bonds. The minimum absolute atomic E-state index is 0.119. The summed E-state index contributed by atoms with van der Waals surface area (Å²) in [5, 5.41) is 17.6. The minimum atomic E-state index is -1.03. The Kier molecular flexibility index (Phi) is 3.87. The maximum absolute atomic E-state index is 10.9. The van der Waals surface area contributed by atoms with E-state index in [0.717, 1.165) is 5.56 Å². The summed E-state index contributed by atoms with van der Waals surface area (Å²) in [7, 11) is 0. The molecule has 0 aliphatic heterocycles. The van der Waals surface area contributed by atoms with Crippen LogP contribution >= 0.6 is 0 Å². The molecule has 0 fully saturated rings. The zero-order valence-electron chi connectivity index (χ0n) is 10.5. The monoisotopic (exact) mass is 268 g/mol. The van der Waals surface area contributed by atoms with E-state index in [9.17, 15) is 4.79 Å². The molecule has 2 aromatic carbocycles. The Hall–Kier alpha value is -3.00. The van der Waals surface area contributed by atoms with Crippen LogP contribution in [0.4, 0.5) is 5.69 Å². The first-order chi connectivity index (χ1) is 9.60. The van der Waals surface area contributed by atoms with E-state index in [-0.39, 0.29) is 12.2 Å². The summed E-state index contributed by atoms with van der Waals surface area (Å²) in [5.41, 5.74) is 7.67. The van der Waals surface area contributed by atoms with Gasteiger partial charge in [0.1, 0.15) is 12.4 Å². The zero-order valence-corrected chi connectivity index (χ0v) is 10.5. The van der Waals surface area contributed by atoms with Crippen molar-refractivity contribution in [1.82, 2.24) is 0 Å². The van der Waals surface area contributed by atoms with Gasteiger partial charge in [-0.15, -0.1) is 0 Å². The summed E-state index contributed by atoms with van der Waals surface area (Å²) in [6.45, 7) is 0.249. The Balaban J connectivity index is 2.12. The van der Waals surface area contributed by atoms with Gasteiger partial charge < -0.3 is 15.6 Å². The number of nitriles is 1. The van der Waals surface area contributed by atoms with E-state index in [1.54, 1.807) is 24.3 Å². The third-order valence-electron chi connectivity index (χ3n) is 2.74. The predicted molar refractivity (Wildman–Crippen MR) is 73.3 cm³/mol. The van der Waals surface area contributed by atoms with E-state index < -0.39 is 5.97 Å². The van der Waals surface area contributed by atoms with Gasteiger partial charge in [0.2, 0.25) is 0 Å². The molecule has 0 atom stereocenters. The minimum Gasteiger partial charge on any atom is -0.487 e. The molecule has 0 saturated carbocycles. The second-order valence-electron chi connectivity index (χ2n) is 4.16. The average Bonchev–Trinajstić information content (AvgIpc) is 2.46. The Morgan fingerprint density at radius 1 is 1.25 bits per heavy atom. The van der Waals surface area contributed by atoms with Crippen molar-refractivity contribution in [2.24, 2.45) is 0 Å². The Morgan fingerprint density at radius 3 is 2.55 bits per heavy atom. The lowest BCUT2D eigenvalue weighted by atomic mass is 10.1. The number of benzene rings is 2. The topological polar surface area (TPSA) is 96.3 Å². The highest BCUT2D eigenvalue weighted by Gasteiger charge is 2.07. The molecule has 0 aromatic heterocycles. The number of rotatable bonds is 4. The van der Waals surface area contributed by atoms with Crippen LogP contribution in [0.1, 0.15) is 21.5 Å². The first kappa shape index (κ1) is 13.4. The van der Waals surface area contributed by atoms with Crippen molar-refractivity contribution in [3.8, 4) is 11.8 Å². The van der Waals surface area contributed by atoms with Crippen LogP contribution in [0.25, 0.3) is 0 Å². The van der Waals surface area contributed by atoms with Crippen LogP contribution in [-0.2, 0) is 6.61 Å². The third-order valence-corrected chi connectivity index (χ3v) is 2.74. The van der Waals surface area contributed by atoms with Crippen LogP contribution in [0.15, 0.2) is 42.5 Å². The number of hydrogen-bond acceptors (Lipinski definition) is 4. The second kappa shape index (κ2) is 5.76. The van der Waals surface area contributed by atoms with Crippen LogP contribution in [0.2, 0.25) is 0 Å².